The average molecular weight is 356 g/mol. The van der Waals surface area contributed by atoms with Crippen LogP contribution in [-0.4, -0.2) is 14.3 Å². The van der Waals surface area contributed by atoms with Crippen molar-refractivity contribution >= 4 is 15.9 Å². The predicted octanol–water partition coefficient (Wildman–Crippen LogP) is 3.11. The third kappa shape index (κ3) is 3.89. The third-order valence-electron chi connectivity index (χ3n) is 4.27. The largest absolute Gasteiger partial charge is 0.268 e. The smallest absolute Gasteiger partial charge is 0.265 e. The van der Waals surface area contributed by atoms with Gasteiger partial charge in [-0.15, -0.1) is 0 Å². The topological polar surface area (TPSA) is 87.0 Å². The summed E-state index contributed by atoms with van der Waals surface area (Å²) in [4.78, 5) is 12.6. The minimum Gasteiger partial charge on any atom is -0.268 e. The highest BCUT2D eigenvalue weighted by Crippen LogP contribution is 2.26. The monoisotopic (exact) mass is 356 g/mol. The Morgan fingerprint density at radius 3 is 2.24 bits per heavy atom. The Morgan fingerprint density at radius 1 is 1.08 bits per heavy atom. The lowest BCUT2D eigenvalue weighted by molar-refractivity contribution is 0.0981. The van der Waals surface area contributed by atoms with E-state index in [2.05, 4.69) is 4.72 Å². The molecule has 1 amide bonds. The second-order valence-electron chi connectivity index (χ2n) is 6.06. The van der Waals surface area contributed by atoms with Gasteiger partial charge in [-0.2, -0.15) is 5.26 Å². The molecule has 0 atom stereocenters. The maximum absolute atomic E-state index is 12.8. The summed E-state index contributed by atoms with van der Waals surface area (Å²) in [6.45, 7) is 7.14. The number of nitrogens with zero attached hydrogens (tertiary/aromatic N) is 1. The highest BCUT2D eigenvalue weighted by atomic mass is 32.2. The third-order valence-corrected chi connectivity index (χ3v) is 5.87. The Labute approximate surface area is 148 Å². The normalized spacial score (nSPS) is 11.0. The molecule has 2 aromatic carbocycles. The summed E-state index contributed by atoms with van der Waals surface area (Å²) in [5.41, 5.74) is 3.82. The molecule has 130 valence electrons. The van der Waals surface area contributed by atoms with E-state index < -0.39 is 15.9 Å². The van der Waals surface area contributed by atoms with Crippen molar-refractivity contribution in [3.05, 3.63) is 63.7 Å². The SMILES string of the molecule is Cc1cc(C)c(C)c(S(=O)(=O)NC(=O)c2cccc(CC#N)c2)c1C. The van der Waals surface area contributed by atoms with Crippen LogP contribution in [0.15, 0.2) is 35.2 Å². The van der Waals surface area contributed by atoms with Gasteiger partial charge >= 0.3 is 0 Å². The van der Waals surface area contributed by atoms with Gasteiger partial charge in [0, 0.05) is 5.56 Å². The van der Waals surface area contributed by atoms with E-state index in [0.717, 1.165) is 11.1 Å². The van der Waals surface area contributed by atoms with Crippen molar-refractivity contribution in [2.24, 2.45) is 0 Å². The Kier molecular flexibility index (Phi) is 5.29. The average Bonchev–Trinajstić information content (AvgIpc) is 2.53. The first-order valence-electron chi connectivity index (χ1n) is 7.78. The Morgan fingerprint density at radius 2 is 1.68 bits per heavy atom. The number of rotatable bonds is 4. The van der Waals surface area contributed by atoms with Crippen LogP contribution < -0.4 is 4.72 Å². The summed E-state index contributed by atoms with van der Waals surface area (Å²) < 4.78 is 27.7. The van der Waals surface area contributed by atoms with Gasteiger partial charge in [-0.05, 0) is 67.6 Å². The number of nitriles is 1. The molecule has 0 unspecified atom stereocenters. The highest BCUT2D eigenvalue weighted by Gasteiger charge is 2.24. The zero-order chi connectivity index (χ0) is 18.8. The molecule has 0 aliphatic carbocycles. The molecule has 2 aromatic rings. The van der Waals surface area contributed by atoms with Gasteiger partial charge in [0.1, 0.15) is 0 Å². The van der Waals surface area contributed by atoms with E-state index in [1.807, 2.05) is 26.0 Å². The maximum Gasteiger partial charge on any atom is 0.265 e. The van der Waals surface area contributed by atoms with Crippen molar-refractivity contribution in [1.29, 1.82) is 5.26 Å². The molecular weight excluding hydrogens is 336 g/mol. The van der Waals surface area contributed by atoms with Gasteiger partial charge in [0.25, 0.3) is 15.9 Å². The first-order valence-corrected chi connectivity index (χ1v) is 9.26. The van der Waals surface area contributed by atoms with Crippen LogP contribution in [0.3, 0.4) is 0 Å². The lowest BCUT2D eigenvalue weighted by atomic mass is 10.0. The van der Waals surface area contributed by atoms with Crippen molar-refractivity contribution in [3.8, 4) is 6.07 Å². The molecule has 0 aliphatic heterocycles. The quantitative estimate of drug-likeness (QED) is 0.912. The number of aryl methyl sites for hydroxylation is 2. The van der Waals surface area contributed by atoms with Gasteiger partial charge in [-0.1, -0.05) is 18.2 Å². The molecule has 6 heteroatoms. The number of hydrogen-bond donors (Lipinski definition) is 1. The molecule has 0 bridgehead atoms. The van der Waals surface area contributed by atoms with Crippen molar-refractivity contribution in [3.63, 3.8) is 0 Å². The first kappa shape index (κ1) is 18.7. The zero-order valence-corrected chi connectivity index (χ0v) is 15.5. The highest BCUT2D eigenvalue weighted by molar-refractivity contribution is 7.90. The predicted molar refractivity (Wildman–Crippen MR) is 95.8 cm³/mol. The second kappa shape index (κ2) is 7.08. The molecule has 0 heterocycles. The molecule has 0 aliphatic rings. The van der Waals surface area contributed by atoms with Gasteiger partial charge in [0.05, 0.1) is 17.4 Å². The van der Waals surface area contributed by atoms with Crippen LogP contribution in [0.1, 0.15) is 38.2 Å². The fraction of sp³-hybridized carbons (Fsp3) is 0.263. The van der Waals surface area contributed by atoms with Crippen LogP contribution in [0.25, 0.3) is 0 Å². The summed E-state index contributed by atoms with van der Waals surface area (Å²) in [5.74, 6) is -0.710. The maximum atomic E-state index is 12.8. The van der Waals surface area contributed by atoms with E-state index >= 15 is 0 Å². The van der Waals surface area contributed by atoms with Crippen molar-refractivity contribution in [1.82, 2.24) is 4.72 Å². The summed E-state index contributed by atoms with van der Waals surface area (Å²) in [7, 11) is -4.00. The molecule has 0 saturated carbocycles. The first-order chi connectivity index (χ1) is 11.7. The van der Waals surface area contributed by atoms with Crippen molar-refractivity contribution in [2.75, 3.05) is 0 Å². The second-order valence-corrected chi connectivity index (χ2v) is 7.68. The molecule has 1 N–H and O–H groups in total. The van der Waals surface area contributed by atoms with Gasteiger partial charge in [-0.25, -0.2) is 13.1 Å². The molecule has 0 radical (unpaired) electrons. The lowest BCUT2D eigenvalue weighted by Gasteiger charge is -2.16. The number of amides is 1. The zero-order valence-electron chi connectivity index (χ0n) is 14.7. The van der Waals surface area contributed by atoms with E-state index in [4.69, 9.17) is 5.26 Å². The number of carbonyl (C=O) groups excluding carboxylic acids is 1. The van der Waals surface area contributed by atoms with E-state index in [1.165, 1.54) is 12.1 Å². The molecule has 0 aromatic heterocycles. The molecule has 0 saturated heterocycles. The number of nitrogens with one attached hydrogen (secondary N) is 1. The van der Waals surface area contributed by atoms with Gasteiger partial charge < -0.3 is 0 Å². The van der Waals surface area contributed by atoms with Gasteiger partial charge in [-0.3, -0.25) is 4.79 Å². The van der Waals surface area contributed by atoms with Crippen LogP contribution in [0, 0.1) is 39.0 Å². The summed E-state index contributed by atoms with van der Waals surface area (Å²) in [6.07, 6.45) is 0.156. The van der Waals surface area contributed by atoms with Crippen molar-refractivity contribution in [2.45, 2.75) is 39.0 Å². The van der Waals surface area contributed by atoms with E-state index in [0.29, 0.717) is 16.7 Å². The number of carbonyl (C=O) groups is 1. The Hall–Kier alpha value is -2.65. The van der Waals surface area contributed by atoms with Crippen LogP contribution >= 0.6 is 0 Å². The summed E-state index contributed by atoms with van der Waals surface area (Å²) >= 11 is 0. The molecule has 25 heavy (non-hydrogen) atoms. The van der Waals surface area contributed by atoms with Crippen LogP contribution in [0.4, 0.5) is 0 Å². The standard InChI is InChI=1S/C19H20N2O3S/c1-12-10-13(2)15(4)18(14(12)3)25(23,24)21-19(22)17-7-5-6-16(11-17)8-9-20/h5-7,10-11H,8H2,1-4H3,(H,21,22). The molecule has 0 fully saturated rings. The number of hydrogen-bond acceptors (Lipinski definition) is 4. The lowest BCUT2D eigenvalue weighted by Crippen LogP contribution is -2.32. The van der Waals surface area contributed by atoms with Crippen LogP contribution in [0.5, 0.6) is 0 Å². The van der Waals surface area contributed by atoms with Crippen molar-refractivity contribution < 1.29 is 13.2 Å². The molecule has 0 spiro atoms. The van der Waals surface area contributed by atoms with Gasteiger partial charge in [0.15, 0.2) is 0 Å². The minimum atomic E-state index is -4.00. The summed E-state index contributed by atoms with van der Waals surface area (Å²) in [5, 5.41) is 8.75. The van der Waals surface area contributed by atoms with E-state index in [1.54, 1.807) is 26.0 Å². The molecular formula is C19H20N2O3S. The fourth-order valence-corrected chi connectivity index (χ4v) is 4.32. The molecule has 2 rings (SSSR count). The fourth-order valence-electron chi connectivity index (χ4n) is 2.73. The number of sulfonamides is 1. The Balaban J connectivity index is 2.42. The Bertz CT molecular complexity index is 960. The van der Waals surface area contributed by atoms with E-state index in [9.17, 15) is 13.2 Å². The summed E-state index contributed by atoms with van der Waals surface area (Å²) in [6, 6.07) is 10.3. The van der Waals surface area contributed by atoms with Crippen LogP contribution in [0.2, 0.25) is 0 Å². The van der Waals surface area contributed by atoms with Crippen LogP contribution in [-0.2, 0) is 16.4 Å². The minimum absolute atomic E-state index is 0.145. The molecule has 5 nitrogen and oxygen atoms in total. The number of benzene rings is 2. The van der Waals surface area contributed by atoms with E-state index in [-0.39, 0.29) is 16.9 Å². The van der Waals surface area contributed by atoms with Gasteiger partial charge in [0.2, 0.25) is 0 Å².